The van der Waals surface area contributed by atoms with E-state index in [2.05, 4.69) is 68.6 Å². The van der Waals surface area contributed by atoms with E-state index in [0.717, 1.165) is 47.9 Å². The summed E-state index contributed by atoms with van der Waals surface area (Å²) in [5.41, 5.74) is 5.71. The first-order valence-corrected chi connectivity index (χ1v) is 14.7. The predicted octanol–water partition coefficient (Wildman–Crippen LogP) is 7.14. The molecular weight excluding hydrogens is 480 g/mol. The SMILES string of the molecule is Cc1cccc(CN(C(=O)CCc2ccc(C(C)C)cc2)C(Cc2ccccc2)C(=O)NC2CCCCC2)c1. The summed E-state index contributed by atoms with van der Waals surface area (Å²) in [6, 6.07) is 26.5. The molecule has 4 nitrogen and oxygen atoms in total. The van der Waals surface area contributed by atoms with E-state index in [0.29, 0.717) is 31.7 Å². The second-order valence-corrected chi connectivity index (χ2v) is 11.5. The number of carbonyl (C=O) groups is 2. The third-order valence-electron chi connectivity index (χ3n) is 7.93. The molecule has 1 aliphatic carbocycles. The van der Waals surface area contributed by atoms with Gasteiger partial charge in [0.05, 0.1) is 0 Å². The van der Waals surface area contributed by atoms with Gasteiger partial charge in [-0.15, -0.1) is 0 Å². The van der Waals surface area contributed by atoms with Gasteiger partial charge in [0.1, 0.15) is 6.04 Å². The Balaban J connectivity index is 1.59. The van der Waals surface area contributed by atoms with Gasteiger partial charge in [-0.3, -0.25) is 9.59 Å². The fourth-order valence-electron chi connectivity index (χ4n) is 5.57. The molecule has 0 bridgehead atoms. The molecule has 4 heteroatoms. The number of hydrogen-bond acceptors (Lipinski definition) is 2. The molecule has 0 heterocycles. The molecule has 4 rings (SSSR count). The fraction of sp³-hybridized carbons (Fsp3) is 0.429. The third-order valence-corrected chi connectivity index (χ3v) is 7.93. The highest BCUT2D eigenvalue weighted by Gasteiger charge is 2.31. The first-order chi connectivity index (χ1) is 18.9. The van der Waals surface area contributed by atoms with Gasteiger partial charge in [-0.25, -0.2) is 0 Å². The minimum Gasteiger partial charge on any atom is -0.352 e. The second-order valence-electron chi connectivity index (χ2n) is 11.5. The Kier molecular flexibility index (Phi) is 10.4. The van der Waals surface area contributed by atoms with Gasteiger partial charge in [-0.2, -0.15) is 0 Å². The predicted molar refractivity (Wildman–Crippen MR) is 160 cm³/mol. The highest BCUT2D eigenvalue weighted by Crippen LogP contribution is 2.21. The summed E-state index contributed by atoms with van der Waals surface area (Å²) in [6.07, 6.45) is 7.09. The van der Waals surface area contributed by atoms with Crippen LogP contribution in [0.15, 0.2) is 78.9 Å². The highest BCUT2D eigenvalue weighted by atomic mass is 16.2. The molecule has 0 aromatic heterocycles. The average Bonchev–Trinajstić information content (AvgIpc) is 2.95. The number of aryl methyl sites for hydroxylation is 2. The van der Waals surface area contributed by atoms with Crippen LogP contribution in [0.25, 0.3) is 0 Å². The molecule has 3 aromatic rings. The molecule has 1 fully saturated rings. The maximum Gasteiger partial charge on any atom is 0.243 e. The van der Waals surface area contributed by atoms with Crippen LogP contribution in [0.2, 0.25) is 0 Å². The minimum absolute atomic E-state index is 0.0177. The summed E-state index contributed by atoms with van der Waals surface area (Å²) in [4.78, 5) is 29.7. The van der Waals surface area contributed by atoms with Gasteiger partial charge in [0.2, 0.25) is 11.8 Å². The van der Waals surface area contributed by atoms with Crippen LogP contribution in [-0.2, 0) is 29.0 Å². The number of carbonyl (C=O) groups excluding carboxylic acids is 2. The van der Waals surface area contributed by atoms with Crippen molar-refractivity contribution in [1.82, 2.24) is 10.2 Å². The molecule has 3 aromatic carbocycles. The summed E-state index contributed by atoms with van der Waals surface area (Å²) >= 11 is 0. The molecule has 0 radical (unpaired) electrons. The van der Waals surface area contributed by atoms with Crippen molar-refractivity contribution in [3.8, 4) is 0 Å². The van der Waals surface area contributed by atoms with E-state index >= 15 is 0 Å². The first-order valence-electron chi connectivity index (χ1n) is 14.7. The third kappa shape index (κ3) is 8.54. The Bertz CT molecular complexity index is 1200. The van der Waals surface area contributed by atoms with E-state index in [4.69, 9.17) is 0 Å². The lowest BCUT2D eigenvalue weighted by Gasteiger charge is -2.33. The van der Waals surface area contributed by atoms with Crippen LogP contribution < -0.4 is 5.32 Å². The zero-order valence-corrected chi connectivity index (χ0v) is 23.9. The first kappa shape index (κ1) is 28.6. The van der Waals surface area contributed by atoms with Gasteiger partial charge in [0.25, 0.3) is 0 Å². The molecule has 0 saturated heterocycles. The fourth-order valence-corrected chi connectivity index (χ4v) is 5.57. The molecule has 0 spiro atoms. The van der Waals surface area contributed by atoms with Crippen molar-refractivity contribution in [3.63, 3.8) is 0 Å². The monoisotopic (exact) mass is 524 g/mol. The zero-order chi connectivity index (χ0) is 27.6. The van der Waals surface area contributed by atoms with Crippen molar-refractivity contribution in [3.05, 3.63) is 107 Å². The molecule has 39 heavy (non-hydrogen) atoms. The van der Waals surface area contributed by atoms with Gasteiger partial charge in [-0.05, 0) is 54.4 Å². The molecule has 1 N–H and O–H groups in total. The lowest BCUT2D eigenvalue weighted by molar-refractivity contribution is -0.141. The van der Waals surface area contributed by atoms with Crippen molar-refractivity contribution >= 4 is 11.8 Å². The van der Waals surface area contributed by atoms with E-state index in [1.165, 1.54) is 12.0 Å². The lowest BCUT2D eigenvalue weighted by Crippen LogP contribution is -2.52. The molecule has 2 amide bonds. The maximum atomic E-state index is 14.0. The van der Waals surface area contributed by atoms with Crippen molar-refractivity contribution in [2.24, 2.45) is 0 Å². The number of nitrogens with one attached hydrogen (secondary N) is 1. The number of benzene rings is 3. The zero-order valence-electron chi connectivity index (χ0n) is 23.9. The van der Waals surface area contributed by atoms with Crippen molar-refractivity contribution < 1.29 is 9.59 Å². The Labute approximate surface area is 234 Å². The summed E-state index contributed by atoms with van der Waals surface area (Å²) in [6.45, 7) is 6.86. The van der Waals surface area contributed by atoms with Crippen LogP contribution in [0.3, 0.4) is 0 Å². The highest BCUT2D eigenvalue weighted by molar-refractivity contribution is 5.88. The van der Waals surface area contributed by atoms with Crippen LogP contribution in [0, 0.1) is 6.92 Å². The topological polar surface area (TPSA) is 49.4 Å². The number of amides is 2. The lowest BCUT2D eigenvalue weighted by atomic mass is 9.94. The van der Waals surface area contributed by atoms with Crippen LogP contribution in [0.1, 0.15) is 86.1 Å². The van der Waals surface area contributed by atoms with Crippen LogP contribution in [0.4, 0.5) is 0 Å². The minimum atomic E-state index is -0.564. The van der Waals surface area contributed by atoms with Crippen molar-refractivity contribution in [2.45, 2.75) is 96.7 Å². The Morgan fingerprint density at radius 3 is 2.21 bits per heavy atom. The van der Waals surface area contributed by atoms with E-state index in [-0.39, 0.29) is 17.9 Å². The molecule has 1 aliphatic rings. The van der Waals surface area contributed by atoms with E-state index in [1.807, 2.05) is 41.3 Å². The number of nitrogens with zero attached hydrogens (tertiary/aromatic N) is 1. The summed E-state index contributed by atoms with van der Waals surface area (Å²) in [5, 5.41) is 3.33. The Morgan fingerprint density at radius 1 is 0.846 bits per heavy atom. The normalized spacial score (nSPS) is 14.7. The van der Waals surface area contributed by atoms with E-state index in [1.54, 1.807) is 0 Å². The average molecular weight is 525 g/mol. The van der Waals surface area contributed by atoms with Gasteiger partial charge in [-0.1, -0.05) is 118 Å². The molecular formula is C35H44N2O2. The van der Waals surface area contributed by atoms with E-state index in [9.17, 15) is 9.59 Å². The smallest absolute Gasteiger partial charge is 0.243 e. The molecule has 1 saturated carbocycles. The standard InChI is InChI=1S/C35H44N2O2/c1-26(2)31-20-17-28(18-21-31)19-22-34(38)37(25-30-14-10-11-27(3)23-30)33(24-29-12-6-4-7-13-29)35(39)36-32-15-8-5-9-16-32/h4,6-7,10-14,17-18,20-21,23,26,32-33H,5,8-9,15-16,19,22,24-25H2,1-3H3,(H,36,39). The maximum absolute atomic E-state index is 14.0. The van der Waals surface area contributed by atoms with Gasteiger partial charge in [0.15, 0.2) is 0 Å². The molecule has 1 unspecified atom stereocenters. The second kappa shape index (κ2) is 14.1. The van der Waals surface area contributed by atoms with Crippen LogP contribution >= 0.6 is 0 Å². The number of hydrogen-bond donors (Lipinski definition) is 1. The molecule has 1 atom stereocenters. The summed E-state index contributed by atoms with van der Waals surface area (Å²) in [5.74, 6) is 0.462. The van der Waals surface area contributed by atoms with Crippen LogP contribution in [-0.4, -0.2) is 28.8 Å². The summed E-state index contributed by atoms with van der Waals surface area (Å²) < 4.78 is 0. The van der Waals surface area contributed by atoms with Gasteiger partial charge >= 0.3 is 0 Å². The van der Waals surface area contributed by atoms with E-state index < -0.39 is 6.04 Å². The van der Waals surface area contributed by atoms with Gasteiger partial charge < -0.3 is 10.2 Å². The van der Waals surface area contributed by atoms with Gasteiger partial charge in [0, 0.05) is 25.4 Å². The summed E-state index contributed by atoms with van der Waals surface area (Å²) in [7, 11) is 0. The molecule has 206 valence electrons. The number of rotatable bonds is 11. The van der Waals surface area contributed by atoms with Crippen molar-refractivity contribution in [2.75, 3.05) is 0 Å². The quantitative estimate of drug-likeness (QED) is 0.290. The van der Waals surface area contributed by atoms with Crippen molar-refractivity contribution in [1.29, 1.82) is 0 Å². The molecule has 0 aliphatic heterocycles. The van der Waals surface area contributed by atoms with Crippen LogP contribution in [0.5, 0.6) is 0 Å². The Hall–Kier alpha value is -3.40. The Morgan fingerprint density at radius 2 is 1.54 bits per heavy atom. The largest absolute Gasteiger partial charge is 0.352 e.